The van der Waals surface area contributed by atoms with Crippen LogP contribution in [0.1, 0.15) is 47.9 Å². The van der Waals surface area contributed by atoms with E-state index < -0.39 is 0 Å². The summed E-state index contributed by atoms with van der Waals surface area (Å²) in [4.78, 5) is 17.7. The first-order valence-corrected chi connectivity index (χ1v) is 8.15. The fraction of sp³-hybridized carbons (Fsp3) is 0.375. The van der Waals surface area contributed by atoms with E-state index in [1.54, 1.807) is 23.7 Å². The van der Waals surface area contributed by atoms with Gasteiger partial charge in [-0.1, -0.05) is 6.07 Å². The monoisotopic (exact) mass is 301 g/mol. The SMILES string of the molecule is C[C@@H](NC(=O)N[C@H]1CCCc2sccc21)c1cccnc1. The van der Waals surface area contributed by atoms with Crippen molar-refractivity contribution in [2.75, 3.05) is 0 Å². The molecule has 21 heavy (non-hydrogen) atoms. The summed E-state index contributed by atoms with van der Waals surface area (Å²) >= 11 is 1.79. The summed E-state index contributed by atoms with van der Waals surface area (Å²) in [5.41, 5.74) is 2.29. The zero-order valence-electron chi connectivity index (χ0n) is 12.0. The molecule has 3 rings (SSSR count). The van der Waals surface area contributed by atoms with Gasteiger partial charge in [-0.3, -0.25) is 4.98 Å². The van der Waals surface area contributed by atoms with Crippen molar-refractivity contribution in [3.8, 4) is 0 Å². The molecule has 2 atom stereocenters. The zero-order chi connectivity index (χ0) is 14.7. The van der Waals surface area contributed by atoms with Crippen molar-refractivity contribution in [3.63, 3.8) is 0 Å². The lowest BCUT2D eigenvalue weighted by molar-refractivity contribution is 0.232. The van der Waals surface area contributed by atoms with Crippen LogP contribution in [-0.2, 0) is 6.42 Å². The number of hydrogen-bond acceptors (Lipinski definition) is 3. The van der Waals surface area contributed by atoms with Crippen LogP contribution in [-0.4, -0.2) is 11.0 Å². The molecule has 2 N–H and O–H groups in total. The van der Waals surface area contributed by atoms with Gasteiger partial charge in [-0.25, -0.2) is 4.79 Å². The van der Waals surface area contributed by atoms with Gasteiger partial charge in [0.15, 0.2) is 0 Å². The highest BCUT2D eigenvalue weighted by Gasteiger charge is 2.23. The van der Waals surface area contributed by atoms with E-state index in [1.165, 1.54) is 10.4 Å². The summed E-state index contributed by atoms with van der Waals surface area (Å²) in [6.45, 7) is 1.97. The molecule has 1 aliphatic rings. The second-order valence-corrected chi connectivity index (χ2v) is 6.37. The Labute approximate surface area is 128 Å². The first-order valence-electron chi connectivity index (χ1n) is 7.27. The lowest BCUT2D eigenvalue weighted by Crippen LogP contribution is -2.40. The molecule has 0 saturated heterocycles. The van der Waals surface area contributed by atoms with Crippen LogP contribution in [0.2, 0.25) is 0 Å². The van der Waals surface area contributed by atoms with Crippen molar-refractivity contribution in [3.05, 3.63) is 52.0 Å². The quantitative estimate of drug-likeness (QED) is 0.910. The molecule has 2 amide bonds. The van der Waals surface area contributed by atoms with Gasteiger partial charge in [-0.05, 0) is 54.8 Å². The topological polar surface area (TPSA) is 54.0 Å². The lowest BCUT2D eigenvalue weighted by Gasteiger charge is -2.25. The maximum Gasteiger partial charge on any atom is 0.315 e. The molecule has 0 aromatic carbocycles. The van der Waals surface area contributed by atoms with Crippen LogP contribution in [0.3, 0.4) is 0 Å². The molecular weight excluding hydrogens is 282 g/mol. The van der Waals surface area contributed by atoms with Crippen LogP contribution in [0.5, 0.6) is 0 Å². The maximum absolute atomic E-state index is 12.2. The third-order valence-corrected chi connectivity index (χ3v) is 4.89. The smallest absolute Gasteiger partial charge is 0.315 e. The third kappa shape index (κ3) is 3.24. The highest BCUT2D eigenvalue weighted by molar-refractivity contribution is 7.10. The molecule has 2 aromatic heterocycles. The zero-order valence-corrected chi connectivity index (χ0v) is 12.8. The minimum absolute atomic E-state index is 0.0516. The Balaban J connectivity index is 1.61. The first kappa shape index (κ1) is 14.1. The summed E-state index contributed by atoms with van der Waals surface area (Å²) < 4.78 is 0. The van der Waals surface area contributed by atoms with Crippen LogP contribution < -0.4 is 10.6 Å². The molecule has 5 heteroatoms. The number of rotatable bonds is 3. The van der Waals surface area contributed by atoms with Gasteiger partial charge < -0.3 is 10.6 Å². The predicted octanol–water partition coefficient (Wildman–Crippen LogP) is 3.58. The number of nitrogens with zero attached hydrogens (tertiary/aromatic N) is 1. The number of fused-ring (bicyclic) bond motifs is 1. The average molecular weight is 301 g/mol. The Kier molecular flexibility index (Phi) is 4.20. The molecule has 2 heterocycles. The Morgan fingerprint density at radius 3 is 3.19 bits per heavy atom. The van der Waals surface area contributed by atoms with Gasteiger partial charge in [0.25, 0.3) is 0 Å². The summed E-state index contributed by atoms with van der Waals surface area (Å²) in [7, 11) is 0. The van der Waals surface area contributed by atoms with Crippen molar-refractivity contribution in [2.24, 2.45) is 0 Å². The van der Waals surface area contributed by atoms with E-state index in [2.05, 4.69) is 27.1 Å². The molecular formula is C16H19N3OS. The summed E-state index contributed by atoms with van der Waals surface area (Å²) in [6.07, 6.45) is 6.80. The molecule has 4 nitrogen and oxygen atoms in total. The van der Waals surface area contributed by atoms with E-state index in [4.69, 9.17) is 0 Å². The van der Waals surface area contributed by atoms with Crippen LogP contribution in [0.25, 0.3) is 0 Å². The summed E-state index contributed by atoms with van der Waals surface area (Å²) in [5.74, 6) is 0. The number of urea groups is 1. The van der Waals surface area contributed by atoms with Gasteiger partial charge in [0.05, 0.1) is 12.1 Å². The number of nitrogens with one attached hydrogen (secondary N) is 2. The Bertz CT molecular complexity index is 611. The van der Waals surface area contributed by atoms with Gasteiger partial charge in [0.1, 0.15) is 0 Å². The highest BCUT2D eigenvalue weighted by Crippen LogP contribution is 2.33. The number of carbonyl (C=O) groups is 1. The average Bonchev–Trinajstić information content (AvgIpc) is 2.97. The van der Waals surface area contributed by atoms with Crippen LogP contribution >= 0.6 is 11.3 Å². The van der Waals surface area contributed by atoms with E-state index in [-0.39, 0.29) is 18.1 Å². The standard InChI is InChI=1S/C16H19N3OS/c1-11(12-4-3-8-17-10-12)18-16(20)19-14-5-2-6-15-13(14)7-9-21-15/h3-4,7-11,14H,2,5-6H2,1H3,(H2,18,19,20)/t11-,14+/m1/s1. The largest absolute Gasteiger partial charge is 0.332 e. The Hall–Kier alpha value is -1.88. The summed E-state index contributed by atoms with van der Waals surface area (Å²) in [5, 5.41) is 8.19. The molecule has 0 spiro atoms. The van der Waals surface area contributed by atoms with Crippen LogP contribution in [0, 0.1) is 0 Å². The number of thiophene rings is 1. The van der Waals surface area contributed by atoms with Crippen molar-refractivity contribution in [1.29, 1.82) is 0 Å². The molecule has 0 unspecified atom stereocenters. The van der Waals surface area contributed by atoms with Crippen molar-refractivity contribution in [2.45, 2.75) is 38.3 Å². The van der Waals surface area contributed by atoms with Crippen molar-refractivity contribution < 1.29 is 4.79 Å². The summed E-state index contributed by atoms with van der Waals surface area (Å²) in [6, 6.07) is 5.95. The number of aromatic nitrogens is 1. The highest BCUT2D eigenvalue weighted by atomic mass is 32.1. The number of aryl methyl sites for hydroxylation is 1. The minimum atomic E-state index is -0.115. The number of amides is 2. The van der Waals surface area contributed by atoms with E-state index in [0.717, 1.165) is 24.8 Å². The predicted molar refractivity (Wildman–Crippen MR) is 84.3 cm³/mol. The molecule has 0 radical (unpaired) electrons. The van der Waals surface area contributed by atoms with E-state index in [0.29, 0.717) is 0 Å². The van der Waals surface area contributed by atoms with Gasteiger partial charge in [0, 0.05) is 17.3 Å². The molecule has 0 fully saturated rings. The van der Waals surface area contributed by atoms with E-state index in [9.17, 15) is 4.79 Å². The molecule has 110 valence electrons. The van der Waals surface area contributed by atoms with Gasteiger partial charge in [-0.2, -0.15) is 0 Å². The third-order valence-electron chi connectivity index (χ3n) is 3.89. The molecule has 0 bridgehead atoms. The number of carbonyl (C=O) groups excluding carboxylic acids is 1. The minimum Gasteiger partial charge on any atom is -0.332 e. The number of hydrogen-bond donors (Lipinski definition) is 2. The van der Waals surface area contributed by atoms with E-state index >= 15 is 0 Å². The Morgan fingerprint density at radius 1 is 1.48 bits per heavy atom. The van der Waals surface area contributed by atoms with Gasteiger partial charge in [0.2, 0.25) is 0 Å². The lowest BCUT2D eigenvalue weighted by atomic mass is 9.94. The van der Waals surface area contributed by atoms with Gasteiger partial charge >= 0.3 is 6.03 Å². The van der Waals surface area contributed by atoms with Crippen LogP contribution in [0.4, 0.5) is 4.79 Å². The molecule has 0 saturated carbocycles. The fourth-order valence-corrected chi connectivity index (χ4v) is 3.74. The second-order valence-electron chi connectivity index (χ2n) is 5.37. The first-order chi connectivity index (χ1) is 10.2. The fourth-order valence-electron chi connectivity index (χ4n) is 2.75. The Morgan fingerprint density at radius 2 is 2.38 bits per heavy atom. The second kappa shape index (κ2) is 6.26. The normalized spacial score (nSPS) is 18.6. The number of pyridine rings is 1. The van der Waals surface area contributed by atoms with E-state index in [1.807, 2.05) is 19.1 Å². The van der Waals surface area contributed by atoms with Crippen LogP contribution in [0.15, 0.2) is 36.0 Å². The maximum atomic E-state index is 12.2. The molecule has 1 aliphatic carbocycles. The molecule has 2 aromatic rings. The van der Waals surface area contributed by atoms with Crippen molar-refractivity contribution in [1.82, 2.24) is 15.6 Å². The van der Waals surface area contributed by atoms with Crippen molar-refractivity contribution >= 4 is 17.4 Å². The van der Waals surface area contributed by atoms with Gasteiger partial charge in [-0.15, -0.1) is 11.3 Å². The molecule has 0 aliphatic heterocycles.